The zero-order chi connectivity index (χ0) is 14.0. The average molecular weight is 258 g/mol. The minimum atomic E-state index is -0.578. The van der Waals surface area contributed by atoms with Gasteiger partial charge in [-0.2, -0.15) is 5.26 Å². The van der Waals surface area contributed by atoms with Crippen molar-refractivity contribution in [2.75, 3.05) is 12.3 Å². The molecule has 0 aliphatic heterocycles. The van der Waals surface area contributed by atoms with Gasteiger partial charge in [-0.25, -0.2) is 4.39 Å². The Morgan fingerprint density at radius 3 is 2.63 bits per heavy atom. The molecule has 3 nitrogen and oxygen atoms in total. The first kappa shape index (κ1) is 13.2. The SMILES string of the molecule is CCOc1c(C#N)c(F)cc2cc(N)cc(CC)c12. The molecule has 0 bridgehead atoms. The van der Waals surface area contributed by atoms with Gasteiger partial charge in [-0.05, 0) is 42.5 Å². The first-order valence-electron chi connectivity index (χ1n) is 6.19. The highest BCUT2D eigenvalue weighted by Gasteiger charge is 2.17. The van der Waals surface area contributed by atoms with E-state index in [-0.39, 0.29) is 5.56 Å². The van der Waals surface area contributed by atoms with Gasteiger partial charge in [0.25, 0.3) is 0 Å². The van der Waals surface area contributed by atoms with Crippen LogP contribution in [0.2, 0.25) is 0 Å². The minimum absolute atomic E-state index is 0.0474. The number of nitrogen functional groups attached to an aromatic ring is 1. The van der Waals surface area contributed by atoms with Crippen LogP contribution in [0, 0.1) is 17.1 Å². The van der Waals surface area contributed by atoms with Gasteiger partial charge in [-0.3, -0.25) is 0 Å². The number of halogens is 1. The van der Waals surface area contributed by atoms with Gasteiger partial charge in [0, 0.05) is 11.1 Å². The van der Waals surface area contributed by atoms with Crippen LogP contribution in [0.5, 0.6) is 5.75 Å². The Morgan fingerprint density at radius 2 is 2.05 bits per heavy atom. The summed E-state index contributed by atoms with van der Waals surface area (Å²) in [7, 11) is 0. The van der Waals surface area contributed by atoms with Gasteiger partial charge >= 0.3 is 0 Å². The van der Waals surface area contributed by atoms with E-state index in [9.17, 15) is 4.39 Å². The van der Waals surface area contributed by atoms with Gasteiger partial charge < -0.3 is 10.5 Å². The van der Waals surface area contributed by atoms with Gasteiger partial charge in [0.05, 0.1) is 6.61 Å². The molecular formula is C15H15FN2O. The summed E-state index contributed by atoms with van der Waals surface area (Å²) in [6, 6.07) is 6.75. The number of fused-ring (bicyclic) bond motifs is 1. The van der Waals surface area contributed by atoms with E-state index in [1.54, 1.807) is 13.0 Å². The van der Waals surface area contributed by atoms with Crippen molar-refractivity contribution in [3.63, 3.8) is 0 Å². The summed E-state index contributed by atoms with van der Waals surface area (Å²) in [5.74, 6) is -0.261. The lowest BCUT2D eigenvalue weighted by molar-refractivity contribution is 0.341. The van der Waals surface area contributed by atoms with Crippen LogP contribution in [0.4, 0.5) is 10.1 Å². The zero-order valence-corrected chi connectivity index (χ0v) is 11.0. The lowest BCUT2D eigenvalue weighted by Crippen LogP contribution is -2.01. The van der Waals surface area contributed by atoms with E-state index in [1.807, 2.05) is 19.1 Å². The smallest absolute Gasteiger partial charge is 0.148 e. The highest BCUT2D eigenvalue weighted by molar-refractivity contribution is 5.95. The first-order valence-corrected chi connectivity index (χ1v) is 6.19. The van der Waals surface area contributed by atoms with Crippen LogP contribution in [0.1, 0.15) is 25.0 Å². The number of aryl methyl sites for hydroxylation is 1. The largest absolute Gasteiger partial charge is 0.492 e. The lowest BCUT2D eigenvalue weighted by atomic mass is 9.98. The van der Waals surface area contributed by atoms with E-state index in [0.717, 1.165) is 17.4 Å². The molecule has 0 aliphatic rings. The Bertz CT molecular complexity index is 674. The van der Waals surface area contributed by atoms with Crippen LogP contribution < -0.4 is 10.5 Å². The molecule has 0 saturated heterocycles. The van der Waals surface area contributed by atoms with Crippen LogP contribution in [0.15, 0.2) is 18.2 Å². The molecule has 2 N–H and O–H groups in total. The molecule has 0 unspecified atom stereocenters. The molecule has 2 aromatic rings. The van der Waals surface area contributed by atoms with Gasteiger partial charge in [-0.1, -0.05) is 6.92 Å². The van der Waals surface area contributed by atoms with E-state index in [0.29, 0.717) is 23.4 Å². The van der Waals surface area contributed by atoms with Gasteiger partial charge in [0.2, 0.25) is 0 Å². The Morgan fingerprint density at radius 1 is 1.32 bits per heavy atom. The molecule has 98 valence electrons. The van der Waals surface area contributed by atoms with Crippen LogP contribution in [0.3, 0.4) is 0 Å². The van der Waals surface area contributed by atoms with Gasteiger partial charge in [0.15, 0.2) is 0 Å². The number of hydrogen-bond acceptors (Lipinski definition) is 3. The van der Waals surface area contributed by atoms with Crippen molar-refractivity contribution in [3.05, 3.63) is 35.1 Å². The third-order valence-electron chi connectivity index (χ3n) is 3.03. The van der Waals surface area contributed by atoms with Crippen molar-refractivity contribution >= 4 is 16.5 Å². The first-order chi connectivity index (χ1) is 9.12. The molecular weight excluding hydrogens is 243 g/mol. The summed E-state index contributed by atoms with van der Waals surface area (Å²) in [4.78, 5) is 0. The molecule has 2 rings (SSSR count). The molecule has 0 saturated carbocycles. The highest BCUT2D eigenvalue weighted by Crippen LogP contribution is 2.36. The van der Waals surface area contributed by atoms with E-state index in [2.05, 4.69) is 0 Å². The molecule has 0 spiro atoms. The second kappa shape index (κ2) is 5.15. The third-order valence-corrected chi connectivity index (χ3v) is 3.03. The maximum atomic E-state index is 13.9. The van der Waals surface area contributed by atoms with Crippen LogP contribution >= 0.6 is 0 Å². The van der Waals surface area contributed by atoms with Crippen molar-refractivity contribution in [2.24, 2.45) is 0 Å². The predicted molar refractivity (Wildman–Crippen MR) is 73.6 cm³/mol. The van der Waals surface area contributed by atoms with Crippen LogP contribution in [-0.4, -0.2) is 6.61 Å². The summed E-state index contributed by atoms with van der Waals surface area (Å²) in [6.07, 6.45) is 0.734. The van der Waals surface area contributed by atoms with E-state index >= 15 is 0 Å². The Labute approximate surface area is 111 Å². The summed E-state index contributed by atoms with van der Waals surface area (Å²) in [5, 5.41) is 10.5. The topological polar surface area (TPSA) is 59.0 Å². The fourth-order valence-corrected chi connectivity index (χ4v) is 2.26. The number of benzene rings is 2. The molecule has 0 aromatic heterocycles. The van der Waals surface area contributed by atoms with E-state index in [4.69, 9.17) is 15.7 Å². The molecule has 0 radical (unpaired) electrons. The number of ether oxygens (including phenoxy) is 1. The van der Waals surface area contributed by atoms with Gasteiger partial charge in [0.1, 0.15) is 23.2 Å². The second-order valence-electron chi connectivity index (χ2n) is 4.24. The fourth-order valence-electron chi connectivity index (χ4n) is 2.26. The Kier molecular flexibility index (Phi) is 3.57. The maximum absolute atomic E-state index is 13.9. The molecule has 0 amide bonds. The van der Waals surface area contributed by atoms with Crippen molar-refractivity contribution in [3.8, 4) is 11.8 Å². The number of rotatable bonds is 3. The zero-order valence-electron chi connectivity index (χ0n) is 11.0. The molecule has 19 heavy (non-hydrogen) atoms. The summed E-state index contributed by atoms with van der Waals surface area (Å²) in [5.41, 5.74) is 7.30. The lowest BCUT2D eigenvalue weighted by Gasteiger charge is -2.14. The van der Waals surface area contributed by atoms with Crippen molar-refractivity contribution < 1.29 is 9.13 Å². The summed E-state index contributed by atoms with van der Waals surface area (Å²) in [6.45, 7) is 4.17. The Balaban J connectivity index is 2.94. The number of anilines is 1. The normalized spacial score (nSPS) is 10.4. The quantitative estimate of drug-likeness (QED) is 0.858. The maximum Gasteiger partial charge on any atom is 0.148 e. The Hall–Kier alpha value is -2.28. The fraction of sp³-hybridized carbons (Fsp3) is 0.267. The van der Waals surface area contributed by atoms with E-state index in [1.165, 1.54) is 6.07 Å². The predicted octanol–water partition coefficient (Wildman–Crippen LogP) is 3.39. The number of hydrogen-bond donors (Lipinski definition) is 1. The number of nitrogens with two attached hydrogens (primary N) is 1. The average Bonchev–Trinajstić information content (AvgIpc) is 2.37. The van der Waals surface area contributed by atoms with Crippen molar-refractivity contribution in [2.45, 2.75) is 20.3 Å². The summed E-state index contributed by atoms with van der Waals surface area (Å²) >= 11 is 0. The third kappa shape index (κ3) is 2.19. The molecule has 0 atom stereocenters. The monoisotopic (exact) mass is 258 g/mol. The van der Waals surface area contributed by atoms with Crippen LogP contribution in [-0.2, 0) is 6.42 Å². The minimum Gasteiger partial charge on any atom is -0.492 e. The van der Waals surface area contributed by atoms with E-state index < -0.39 is 5.82 Å². The standard InChI is InChI=1S/C15H15FN2O/c1-3-9-5-11(18)6-10-7-13(16)12(8-17)15(14(9)10)19-4-2/h5-7H,3-4,18H2,1-2H3. The molecule has 0 fully saturated rings. The van der Waals surface area contributed by atoms with Crippen molar-refractivity contribution in [1.29, 1.82) is 5.26 Å². The number of nitrogens with zero attached hydrogens (tertiary/aromatic N) is 1. The summed E-state index contributed by atoms with van der Waals surface area (Å²) < 4.78 is 19.4. The molecule has 2 aromatic carbocycles. The second-order valence-corrected chi connectivity index (χ2v) is 4.24. The van der Waals surface area contributed by atoms with Crippen LogP contribution in [0.25, 0.3) is 10.8 Å². The highest BCUT2D eigenvalue weighted by atomic mass is 19.1. The molecule has 0 aliphatic carbocycles. The molecule has 4 heteroatoms. The van der Waals surface area contributed by atoms with Gasteiger partial charge in [-0.15, -0.1) is 0 Å². The number of nitriles is 1. The molecule has 0 heterocycles. The van der Waals surface area contributed by atoms with Crippen molar-refractivity contribution in [1.82, 2.24) is 0 Å².